The first-order chi connectivity index (χ1) is 9.66. The van der Waals surface area contributed by atoms with Gasteiger partial charge in [-0.05, 0) is 37.1 Å². The number of nitrogens with zero attached hydrogens (tertiary/aromatic N) is 2. The Bertz CT molecular complexity index is 659. The zero-order chi connectivity index (χ0) is 14.1. The van der Waals surface area contributed by atoms with Crippen LogP contribution < -0.4 is 5.73 Å². The third kappa shape index (κ3) is 2.37. The standard InChI is InChI=1S/C15H16ClN3O/c16-13-6-5-12(14-11(13)4-1-7-18-14)15(20)19-8-2-3-10(17)9-19/h1,4-7,10H,2-3,8-9,17H2/t10-/m0/s1. The minimum Gasteiger partial charge on any atom is -0.337 e. The van der Waals surface area contributed by atoms with Crippen molar-refractivity contribution in [2.75, 3.05) is 13.1 Å². The van der Waals surface area contributed by atoms with E-state index in [-0.39, 0.29) is 11.9 Å². The number of piperidine rings is 1. The lowest BCUT2D eigenvalue weighted by Crippen LogP contribution is -2.45. The van der Waals surface area contributed by atoms with Gasteiger partial charge in [-0.1, -0.05) is 11.6 Å². The molecule has 5 heteroatoms. The zero-order valence-corrected chi connectivity index (χ0v) is 11.8. The van der Waals surface area contributed by atoms with Gasteiger partial charge in [-0.3, -0.25) is 9.78 Å². The molecule has 4 nitrogen and oxygen atoms in total. The van der Waals surface area contributed by atoms with Crippen molar-refractivity contribution < 1.29 is 4.79 Å². The van der Waals surface area contributed by atoms with E-state index in [0.717, 1.165) is 24.8 Å². The molecular formula is C15H16ClN3O. The highest BCUT2D eigenvalue weighted by molar-refractivity contribution is 6.36. The van der Waals surface area contributed by atoms with Crippen molar-refractivity contribution in [1.29, 1.82) is 0 Å². The molecule has 0 unspecified atom stereocenters. The molecule has 0 bridgehead atoms. The smallest absolute Gasteiger partial charge is 0.256 e. The number of fused-ring (bicyclic) bond motifs is 1. The zero-order valence-electron chi connectivity index (χ0n) is 11.1. The van der Waals surface area contributed by atoms with Gasteiger partial charge in [0.1, 0.15) is 0 Å². The Labute approximate surface area is 122 Å². The highest BCUT2D eigenvalue weighted by Gasteiger charge is 2.24. The molecule has 0 saturated carbocycles. The van der Waals surface area contributed by atoms with Crippen LogP contribution >= 0.6 is 11.6 Å². The summed E-state index contributed by atoms with van der Waals surface area (Å²) in [6, 6.07) is 7.27. The molecule has 1 amide bonds. The van der Waals surface area contributed by atoms with E-state index in [1.807, 2.05) is 17.0 Å². The summed E-state index contributed by atoms with van der Waals surface area (Å²) in [5, 5.41) is 1.42. The molecule has 2 N–H and O–H groups in total. The third-order valence-corrected chi connectivity index (χ3v) is 4.02. The maximum absolute atomic E-state index is 12.7. The summed E-state index contributed by atoms with van der Waals surface area (Å²) in [5.41, 5.74) is 7.20. The molecule has 20 heavy (non-hydrogen) atoms. The van der Waals surface area contributed by atoms with Crippen molar-refractivity contribution >= 4 is 28.4 Å². The predicted octanol–water partition coefficient (Wildman–Crippen LogP) is 2.45. The molecule has 1 aliphatic heterocycles. The average Bonchev–Trinajstić information content (AvgIpc) is 2.47. The Morgan fingerprint density at radius 3 is 3.05 bits per heavy atom. The molecule has 104 valence electrons. The normalized spacial score (nSPS) is 19.3. The number of hydrogen-bond donors (Lipinski definition) is 1. The lowest BCUT2D eigenvalue weighted by molar-refractivity contribution is 0.0710. The van der Waals surface area contributed by atoms with E-state index in [9.17, 15) is 4.79 Å². The molecule has 0 radical (unpaired) electrons. The molecule has 0 aliphatic carbocycles. The molecule has 1 aromatic heterocycles. The monoisotopic (exact) mass is 289 g/mol. The number of hydrogen-bond acceptors (Lipinski definition) is 3. The van der Waals surface area contributed by atoms with Gasteiger partial charge in [0.05, 0.1) is 16.1 Å². The summed E-state index contributed by atoms with van der Waals surface area (Å²) in [7, 11) is 0. The van der Waals surface area contributed by atoms with Crippen LogP contribution in [0.4, 0.5) is 0 Å². The topological polar surface area (TPSA) is 59.2 Å². The van der Waals surface area contributed by atoms with Crippen LogP contribution in [0.15, 0.2) is 30.5 Å². The van der Waals surface area contributed by atoms with Gasteiger partial charge >= 0.3 is 0 Å². The van der Waals surface area contributed by atoms with E-state index in [2.05, 4.69) is 4.98 Å². The molecule has 1 atom stereocenters. The van der Waals surface area contributed by atoms with Crippen LogP contribution in [0.2, 0.25) is 5.02 Å². The lowest BCUT2D eigenvalue weighted by Gasteiger charge is -2.31. The largest absolute Gasteiger partial charge is 0.337 e. The number of benzene rings is 1. The van der Waals surface area contributed by atoms with E-state index < -0.39 is 0 Å². The van der Waals surface area contributed by atoms with E-state index in [1.165, 1.54) is 0 Å². The second-order valence-electron chi connectivity index (χ2n) is 5.15. The first-order valence-electron chi connectivity index (χ1n) is 6.75. The number of carbonyl (C=O) groups excluding carboxylic acids is 1. The van der Waals surface area contributed by atoms with Crippen molar-refractivity contribution in [3.8, 4) is 0 Å². The molecule has 2 aromatic rings. The number of likely N-dealkylation sites (tertiary alicyclic amines) is 1. The quantitative estimate of drug-likeness (QED) is 0.877. The Morgan fingerprint density at radius 1 is 1.40 bits per heavy atom. The van der Waals surface area contributed by atoms with Gasteiger partial charge in [0.2, 0.25) is 0 Å². The molecule has 2 heterocycles. The van der Waals surface area contributed by atoms with Gasteiger partial charge in [-0.2, -0.15) is 0 Å². The van der Waals surface area contributed by atoms with Gasteiger partial charge in [-0.25, -0.2) is 0 Å². The number of nitrogens with two attached hydrogens (primary N) is 1. The Kier molecular flexibility index (Phi) is 3.59. The van der Waals surface area contributed by atoms with Crippen molar-refractivity contribution in [2.45, 2.75) is 18.9 Å². The molecule has 1 saturated heterocycles. The molecule has 1 aromatic carbocycles. The Morgan fingerprint density at radius 2 is 2.25 bits per heavy atom. The average molecular weight is 290 g/mol. The van der Waals surface area contributed by atoms with Gasteiger partial charge in [0.25, 0.3) is 5.91 Å². The van der Waals surface area contributed by atoms with Crippen molar-refractivity contribution in [1.82, 2.24) is 9.88 Å². The van der Waals surface area contributed by atoms with Crippen molar-refractivity contribution in [3.05, 3.63) is 41.0 Å². The Balaban J connectivity index is 2.01. The fourth-order valence-corrected chi connectivity index (χ4v) is 2.89. The molecule has 1 fully saturated rings. The van der Waals surface area contributed by atoms with Crippen LogP contribution in [-0.2, 0) is 0 Å². The summed E-state index contributed by atoms with van der Waals surface area (Å²) in [6.45, 7) is 1.36. The number of halogens is 1. The summed E-state index contributed by atoms with van der Waals surface area (Å²) >= 11 is 6.16. The van der Waals surface area contributed by atoms with Gasteiger partial charge in [0.15, 0.2) is 0 Å². The summed E-state index contributed by atoms with van der Waals surface area (Å²) in [6.07, 6.45) is 3.60. The second-order valence-corrected chi connectivity index (χ2v) is 5.56. The molecule has 1 aliphatic rings. The number of rotatable bonds is 1. The maximum Gasteiger partial charge on any atom is 0.256 e. The molecular weight excluding hydrogens is 274 g/mol. The minimum absolute atomic E-state index is 0.0134. The molecule has 3 rings (SSSR count). The van der Waals surface area contributed by atoms with E-state index >= 15 is 0 Å². The van der Waals surface area contributed by atoms with E-state index in [1.54, 1.807) is 18.3 Å². The van der Waals surface area contributed by atoms with Crippen LogP contribution in [0.5, 0.6) is 0 Å². The van der Waals surface area contributed by atoms with E-state index in [0.29, 0.717) is 22.6 Å². The van der Waals surface area contributed by atoms with Crippen LogP contribution in [0.3, 0.4) is 0 Å². The Hall–Kier alpha value is -1.65. The van der Waals surface area contributed by atoms with Crippen LogP contribution in [-0.4, -0.2) is 34.9 Å². The second kappa shape index (κ2) is 5.38. The van der Waals surface area contributed by atoms with Gasteiger partial charge in [0, 0.05) is 30.7 Å². The number of aromatic nitrogens is 1. The van der Waals surface area contributed by atoms with Crippen molar-refractivity contribution in [2.24, 2.45) is 5.73 Å². The van der Waals surface area contributed by atoms with Crippen LogP contribution in [0.1, 0.15) is 23.2 Å². The maximum atomic E-state index is 12.7. The highest BCUT2D eigenvalue weighted by atomic mass is 35.5. The summed E-state index contributed by atoms with van der Waals surface area (Å²) < 4.78 is 0. The molecule has 0 spiro atoms. The predicted molar refractivity (Wildman–Crippen MR) is 79.9 cm³/mol. The van der Waals surface area contributed by atoms with Crippen LogP contribution in [0, 0.1) is 0 Å². The first-order valence-corrected chi connectivity index (χ1v) is 7.12. The minimum atomic E-state index is -0.0134. The summed E-state index contributed by atoms with van der Waals surface area (Å²) in [5.74, 6) is -0.0134. The number of pyridine rings is 1. The fraction of sp³-hybridized carbons (Fsp3) is 0.333. The highest BCUT2D eigenvalue weighted by Crippen LogP contribution is 2.26. The van der Waals surface area contributed by atoms with Crippen molar-refractivity contribution in [3.63, 3.8) is 0 Å². The fourth-order valence-electron chi connectivity index (χ4n) is 2.68. The van der Waals surface area contributed by atoms with E-state index in [4.69, 9.17) is 17.3 Å². The van der Waals surface area contributed by atoms with Crippen LogP contribution in [0.25, 0.3) is 10.9 Å². The SMILES string of the molecule is N[C@H]1CCCN(C(=O)c2ccc(Cl)c3cccnc23)C1. The number of carbonyl (C=O) groups is 1. The number of amides is 1. The van der Waals surface area contributed by atoms with Gasteiger partial charge < -0.3 is 10.6 Å². The van der Waals surface area contributed by atoms with Gasteiger partial charge in [-0.15, -0.1) is 0 Å². The first kappa shape index (κ1) is 13.3. The third-order valence-electron chi connectivity index (χ3n) is 3.69. The lowest BCUT2D eigenvalue weighted by atomic mass is 10.0. The summed E-state index contributed by atoms with van der Waals surface area (Å²) in [4.78, 5) is 18.8.